The first kappa shape index (κ1) is 18.5. The van der Waals surface area contributed by atoms with Crippen LogP contribution < -0.4 is 10.0 Å². The van der Waals surface area contributed by atoms with Gasteiger partial charge < -0.3 is 10.1 Å². The van der Waals surface area contributed by atoms with E-state index in [0.29, 0.717) is 18.0 Å². The summed E-state index contributed by atoms with van der Waals surface area (Å²) in [7, 11) is -3.47. The molecule has 1 saturated heterocycles. The van der Waals surface area contributed by atoms with Crippen molar-refractivity contribution in [2.75, 3.05) is 13.2 Å². The van der Waals surface area contributed by atoms with Gasteiger partial charge in [0, 0.05) is 36.0 Å². The van der Waals surface area contributed by atoms with Gasteiger partial charge in [-0.3, -0.25) is 0 Å². The van der Waals surface area contributed by atoms with Gasteiger partial charge in [0.1, 0.15) is 0 Å². The third-order valence-corrected chi connectivity index (χ3v) is 6.62. The standard InChI is InChI=1S/C18H24N2O3S2/c1-14-4-7-17(24-14)13-19-11-15-5-8-18(9-6-15)25(21,22)20-12-16-3-2-10-23-16/h4-9,16,19-20H,2-3,10-13H2,1H3. The van der Waals surface area contributed by atoms with Gasteiger partial charge in [0.05, 0.1) is 11.0 Å². The quantitative estimate of drug-likeness (QED) is 0.739. The van der Waals surface area contributed by atoms with Crippen LogP contribution in [0, 0.1) is 6.92 Å². The number of benzene rings is 1. The summed E-state index contributed by atoms with van der Waals surface area (Å²) in [5.74, 6) is 0. The highest BCUT2D eigenvalue weighted by molar-refractivity contribution is 7.89. The molecule has 1 unspecified atom stereocenters. The van der Waals surface area contributed by atoms with Crippen molar-refractivity contribution in [1.29, 1.82) is 0 Å². The van der Waals surface area contributed by atoms with Crippen molar-refractivity contribution >= 4 is 21.4 Å². The first-order valence-corrected chi connectivity index (χ1v) is 10.8. The second-order valence-electron chi connectivity index (χ2n) is 6.25. The Morgan fingerprint density at radius 1 is 1.16 bits per heavy atom. The predicted octanol–water partition coefficient (Wildman–Crippen LogP) is 2.80. The summed E-state index contributed by atoms with van der Waals surface area (Å²) in [5.41, 5.74) is 1.06. The van der Waals surface area contributed by atoms with Gasteiger partial charge >= 0.3 is 0 Å². The fraction of sp³-hybridized carbons (Fsp3) is 0.444. The normalized spacial score (nSPS) is 17.9. The second kappa shape index (κ2) is 8.42. The zero-order valence-corrected chi connectivity index (χ0v) is 16.0. The lowest BCUT2D eigenvalue weighted by atomic mass is 10.2. The fourth-order valence-corrected chi connectivity index (χ4v) is 4.71. The highest BCUT2D eigenvalue weighted by Crippen LogP contribution is 2.16. The van der Waals surface area contributed by atoms with Gasteiger partial charge in [-0.1, -0.05) is 12.1 Å². The summed E-state index contributed by atoms with van der Waals surface area (Å²) in [5, 5.41) is 3.38. The van der Waals surface area contributed by atoms with E-state index in [-0.39, 0.29) is 6.10 Å². The van der Waals surface area contributed by atoms with Gasteiger partial charge in [-0.25, -0.2) is 13.1 Å². The molecule has 25 heavy (non-hydrogen) atoms. The van der Waals surface area contributed by atoms with Gasteiger partial charge in [-0.15, -0.1) is 11.3 Å². The third kappa shape index (κ3) is 5.36. The van der Waals surface area contributed by atoms with E-state index < -0.39 is 10.0 Å². The molecule has 0 amide bonds. The Labute approximate surface area is 153 Å². The van der Waals surface area contributed by atoms with Crippen molar-refractivity contribution in [2.45, 2.75) is 43.9 Å². The SMILES string of the molecule is Cc1ccc(CNCc2ccc(S(=O)(=O)NCC3CCCO3)cc2)s1. The van der Waals surface area contributed by atoms with Gasteiger partial charge in [0.2, 0.25) is 10.0 Å². The first-order chi connectivity index (χ1) is 12.0. The van der Waals surface area contributed by atoms with Crippen LogP contribution in [0.2, 0.25) is 0 Å². The van der Waals surface area contributed by atoms with Crippen LogP contribution in [0.25, 0.3) is 0 Å². The van der Waals surface area contributed by atoms with E-state index in [1.54, 1.807) is 23.5 Å². The largest absolute Gasteiger partial charge is 0.377 e. The van der Waals surface area contributed by atoms with Crippen LogP contribution in [0.5, 0.6) is 0 Å². The van der Waals surface area contributed by atoms with Crippen molar-refractivity contribution in [3.05, 3.63) is 51.7 Å². The molecule has 0 bridgehead atoms. The van der Waals surface area contributed by atoms with E-state index in [0.717, 1.165) is 31.6 Å². The van der Waals surface area contributed by atoms with Gasteiger partial charge in [0.25, 0.3) is 0 Å². The molecule has 2 aromatic rings. The van der Waals surface area contributed by atoms with Gasteiger partial charge in [0.15, 0.2) is 0 Å². The topological polar surface area (TPSA) is 67.4 Å². The summed E-state index contributed by atoms with van der Waals surface area (Å²) < 4.78 is 32.7. The molecule has 2 N–H and O–H groups in total. The second-order valence-corrected chi connectivity index (χ2v) is 9.39. The van der Waals surface area contributed by atoms with Crippen LogP contribution in [0.4, 0.5) is 0 Å². The first-order valence-electron chi connectivity index (χ1n) is 8.49. The number of aryl methyl sites for hydroxylation is 1. The van der Waals surface area contributed by atoms with E-state index in [1.807, 2.05) is 12.1 Å². The van der Waals surface area contributed by atoms with Crippen LogP contribution in [0.1, 0.15) is 28.2 Å². The van der Waals surface area contributed by atoms with Crippen LogP contribution >= 0.6 is 11.3 Å². The number of sulfonamides is 1. The van der Waals surface area contributed by atoms with Gasteiger partial charge in [-0.05, 0) is 49.6 Å². The zero-order valence-electron chi connectivity index (χ0n) is 14.3. The maximum absolute atomic E-state index is 12.3. The summed E-state index contributed by atoms with van der Waals surface area (Å²) in [4.78, 5) is 2.90. The van der Waals surface area contributed by atoms with Crippen molar-refractivity contribution in [1.82, 2.24) is 10.0 Å². The molecular weight excluding hydrogens is 356 g/mol. The summed E-state index contributed by atoms with van der Waals surface area (Å²) in [6, 6.07) is 11.3. The third-order valence-electron chi connectivity index (χ3n) is 4.18. The predicted molar refractivity (Wildman–Crippen MR) is 100 cm³/mol. The minimum Gasteiger partial charge on any atom is -0.377 e. The smallest absolute Gasteiger partial charge is 0.240 e. The van der Waals surface area contributed by atoms with Crippen LogP contribution in [0.3, 0.4) is 0 Å². The Kier molecular flexibility index (Phi) is 6.24. The Bertz CT molecular complexity index is 779. The van der Waals surface area contributed by atoms with Crippen molar-refractivity contribution < 1.29 is 13.2 Å². The summed E-state index contributed by atoms with van der Waals surface area (Å²) in [6.07, 6.45) is 1.91. The number of rotatable bonds is 8. The molecule has 136 valence electrons. The molecule has 0 aliphatic carbocycles. The molecule has 0 saturated carbocycles. The summed E-state index contributed by atoms with van der Waals surface area (Å²) in [6.45, 7) is 4.69. The van der Waals surface area contributed by atoms with E-state index in [4.69, 9.17) is 4.74 Å². The Morgan fingerprint density at radius 2 is 1.96 bits per heavy atom. The molecule has 3 rings (SSSR count). The Morgan fingerprint density at radius 3 is 2.60 bits per heavy atom. The molecule has 0 spiro atoms. The van der Waals surface area contributed by atoms with E-state index in [2.05, 4.69) is 29.1 Å². The average Bonchev–Trinajstić information content (AvgIpc) is 3.25. The molecule has 1 aliphatic rings. The monoisotopic (exact) mass is 380 g/mol. The molecule has 1 aliphatic heterocycles. The molecule has 1 aromatic heterocycles. The molecule has 5 nitrogen and oxygen atoms in total. The fourth-order valence-electron chi connectivity index (χ4n) is 2.79. The van der Waals surface area contributed by atoms with Crippen molar-refractivity contribution in [3.8, 4) is 0 Å². The lowest BCUT2D eigenvalue weighted by Gasteiger charge is -2.12. The lowest BCUT2D eigenvalue weighted by molar-refractivity contribution is 0.114. The minimum atomic E-state index is -3.47. The average molecular weight is 381 g/mol. The maximum atomic E-state index is 12.3. The van der Waals surface area contributed by atoms with Crippen LogP contribution in [-0.4, -0.2) is 27.7 Å². The highest BCUT2D eigenvalue weighted by atomic mass is 32.2. The minimum absolute atomic E-state index is 0.000799. The number of thiophene rings is 1. The Hall–Kier alpha value is -1.25. The molecule has 1 atom stereocenters. The molecule has 1 fully saturated rings. The molecular formula is C18H24N2O3S2. The van der Waals surface area contributed by atoms with E-state index >= 15 is 0 Å². The van der Waals surface area contributed by atoms with E-state index in [9.17, 15) is 8.42 Å². The molecule has 2 heterocycles. The zero-order chi connectivity index (χ0) is 17.7. The maximum Gasteiger partial charge on any atom is 0.240 e. The highest BCUT2D eigenvalue weighted by Gasteiger charge is 2.20. The number of hydrogen-bond acceptors (Lipinski definition) is 5. The summed E-state index contributed by atoms with van der Waals surface area (Å²) >= 11 is 1.78. The number of nitrogens with one attached hydrogen (secondary N) is 2. The van der Waals surface area contributed by atoms with Crippen LogP contribution in [-0.2, 0) is 27.8 Å². The van der Waals surface area contributed by atoms with Gasteiger partial charge in [-0.2, -0.15) is 0 Å². The van der Waals surface area contributed by atoms with Crippen molar-refractivity contribution in [3.63, 3.8) is 0 Å². The van der Waals surface area contributed by atoms with E-state index in [1.165, 1.54) is 9.75 Å². The van der Waals surface area contributed by atoms with Crippen LogP contribution in [0.15, 0.2) is 41.3 Å². The number of ether oxygens (including phenoxy) is 1. The Balaban J connectivity index is 1.50. The molecule has 0 radical (unpaired) electrons. The van der Waals surface area contributed by atoms with Crippen molar-refractivity contribution in [2.24, 2.45) is 0 Å². The number of hydrogen-bond donors (Lipinski definition) is 2. The molecule has 7 heteroatoms. The lowest BCUT2D eigenvalue weighted by Crippen LogP contribution is -2.31. The molecule has 1 aromatic carbocycles.